The third-order valence-electron chi connectivity index (χ3n) is 4.03. The van der Waals surface area contributed by atoms with Crippen LogP contribution >= 0.6 is 15.9 Å². The van der Waals surface area contributed by atoms with E-state index >= 15 is 0 Å². The van der Waals surface area contributed by atoms with Crippen LogP contribution in [-0.2, 0) is 10.0 Å². The summed E-state index contributed by atoms with van der Waals surface area (Å²) in [6, 6.07) is 23.6. The van der Waals surface area contributed by atoms with Crippen LogP contribution in [0.15, 0.2) is 88.2 Å². The summed E-state index contributed by atoms with van der Waals surface area (Å²) in [5.74, 6) is 0. The molecule has 3 aromatic rings. The van der Waals surface area contributed by atoms with Gasteiger partial charge in [0.15, 0.2) is 0 Å². The van der Waals surface area contributed by atoms with Crippen molar-refractivity contribution in [3.63, 3.8) is 0 Å². The molecule has 5 heteroatoms. The molecule has 0 unspecified atom stereocenters. The number of hydrogen-bond acceptors (Lipinski definition) is 2. The molecule has 0 aliphatic heterocycles. The summed E-state index contributed by atoms with van der Waals surface area (Å²) in [7, 11) is -3.66. The van der Waals surface area contributed by atoms with E-state index in [1.807, 2.05) is 61.5 Å². The van der Waals surface area contributed by atoms with Crippen LogP contribution < -0.4 is 4.72 Å². The molecule has 3 nitrogen and oxygen atoms in total. The molecule has 0 fully saturated rings. The quantitative estimate of drug-likeness (QED) is 0.648. The molecule has 0 aromatic heterocycles. The smallest absolute Gasteiger partial charge is 0.207 e. The van der Waals surface area contributed by atoms with Gasteiger partial charge in [-0.05, 0) is 47.9 Å². The van der Waals surface area contributed by atoms with Crippen molar-refractivity contribution in [1.29, 1.82) is 0 Å². The Morgan fingerprint density at radius 1 is 0.840 bits per heavy atom. The molecule has 0 saturated carbocycles. The Hall–Kier alpha value is -1.95. The Morgan fingerprint density at radius 3 is 2.08 bits per heavy atom. The Morgan fingerprint density at radius 2 is 1.44 bits per heavy atom. The normalized spacial score (nSPS) is 12.7. The second-order valence-electron chi connectivity index (χ2n) is 5.78. The summed E-state index contributed by atoms with van der Waals surface area (Å²) in [5, 5.41) is 0. The summed E-state index contributed by atoms with van der Waals surface area (Å²) in [6.45, 7) is 1.99. The molecular formula is C20H18BrNO2S. The summed E-state index contributed by atoms with van der Waals surface area (Å²) in [6.07, 6.45) is 0. The highest BCUT2D eigenvalue weighted by molar-refractivity contribution is 9.10. The highest BCUT2D eigenvalue weighted by Crippen LogP contribution is 2.27. The monoisotopic (exact) mass is 415 g/mol. The Labute approximate surface area is 156 Å². The summed E-state index contributed by atoms with van der Waals surface area (Å²) in [4.78, 5) is 0.241. The number of benzene rings is 3. The predicted octanol–water partition coefficient (Wildman–Crippen LogP) is 4.83. The number of halogens is 1. The van der Waals surface area contributed by atoms with Gasteiger partial charge in [-0.15, -0.1) is 0 Å². The maximum absolute atomic E-state index is 12.9. The van der Waals surface area contributed by atoms with Gasteiger partial charge in [-0.3, -0.25) is 0 Å². The lowest BCUT2D eigenvalue weighted by atomic mass is 9.96. The van der Waals surface area contributed by atoms with Crippen molar-refractivity contribution in [2.24, 2.45) is 0 Å². The van der Waals surface area contributed by atoms with Gasteiger partial charge in [0.25, 0.3) is 0 Å². The summed E-state index contributed by atoms with van der Waals surface area (Å²) >= 11 is 3.33. The topological polar surface area (TPSA) is 46.2 Å². The van der Waals surface area contributed by atoms with Crippen molar-refractivity contribution in [1.82, 2.24) is 4.72 Å². The number of rotatable bonds is 5. The zero-order valence-electron chi connectivity index (χ0n) is 13.7. The number of aryl methyl sites for hydroxylation is 1. The van der Waals surface area contributed by atoms with E-state index in [1.54, 1.807) is 24.3 Å². The Kier molecular flexibility index (Phi) is 5.37. The van der Waals surface area contributed by atoms with Crippen LogP contribution in [0.5, 0.6) is 0 Å². The van der Waals surface area contributed by atoms with Crippen molar-refractivity contribution in [2.45, 2.75) is 17.9 Å². The predicted molar refractivity (Wildman–Crippen MR) is 104 cm³/mol. The number of sulfonamides is 1. The van der Waals surface area contributed by atoms with Crippen LogP contribution in [0.2, 0.25) is 0 Å². The van der Waals surface area contributed by atoms with Gasteiger partial charge in [-0.25, -0.2) is 8.42 Å². The van der Waals surface area contributed by atoms with Crippen LogP contribution in [-0.4, -0.2) is 8.42 Å². The minimum atomic E-state index is -3.66. The lowest BCUT2D eigenvalue weighted by Crippen LogP contribution is -2.30. The summed E-state index contributed by atoms with van der Waals surface area (Å²) in [5.41, 5.74) is 2.88. The number of nitrogens with one attached hydrogen (secondary N) is 1. The minimum Gasteiger partial charge on any atom is -0.207 e. The van der Waals surface area contributed by atoms with Crippen molar-refractivity contribution < 1.29 is 8.42 Å². The van der Waals surface area contributed by atoms with Crippen LogP contribution in [0.4, 0.5) is 0 Å². The van der Waals surface area contributed by atoms with Crippen LogP contribution in [0, 0.1) is 6.92 Å². The molecule has 1 atom stereocenters. The second kappa shape index (κ2) is 7.52. The molecule has 0 aliphatic carbocycles. The fourth-order valence-corrected chi connectivity index (χ4v) is 4.17. The molecule has 0 aliphatic rings. The first-order chi connectivity index (χ1) is 12.0. The van der Waals surface area contributed by atoms with E-state index in [0.29, 0.717) is 0 Å². The fourth-order valence-electron chi connectivity index (χ4n) is 2.70. The van der Waals surface area contributed by atoms with Crippen LogP contribution in [0.25, 0.3) is 0 Å². The lowest BCUT2D eigenvalue weighted by Gasteiger charge is -2.21. The van der Waals surface area contributed by atoms with E-state index in [4.69, 9.17) is 0 Å². The van der Waals surface area contributed by atoms with Gasteiger partial charge in [0.05, 0.1) is 10.9 Å². The van der Waals surface area contributed by atoms with Gasteiger partial charge in [0, 0.05) is 4.47 Å². The second-order valence-corrected chi connectivity index (χ2v) is 8.41. The maximum Gasteiger partial charge on any atom is 0.241 e. The maximum atomic E-state index is 12.9. The van der Waals surface area contributed by atoms with E-state index < -0.39 is 16.1 Å². The van der Waals surface area contributed by atoms with Crippen molar-refractivity contribution in [3.8, 4) is 0 Å². The van der Waals surface area contributed by atoms with E-state index in [1.165, 1.54) is 0 Å². The van der Waals surface area contributed by atoms with Gasteiger partial charge in [-0.2, -0.15) is 4.72 Å². The molecule has 1 N–H and O–H groups in total. The van der Waals surface area contributed by atoms with Crippen molar-refractivity contribution >= 4 is 26.0 Å². The molecule has 0 spiro atoms. The van der Waals surface area contributed by atoms with Gasteiger partial charge in [0.1, 0.15) is 0 Å². The summed E-state index contributed by atoms with van der Waals surface area (Å²) < 4.78 is 29.5. The van der Waals surface area contributed by atoms with Gasteiger partial charge in [0.2, 0.25) is 10.0 Å². The minimum absolute atomic E-state index is 0.241. The van der Waals surface area contributed by atoms with Gasteiger partial charge in [-0.1, -0.05) is 70.5 Å². The SMILES string of the molecule is Cc1ccccc1[C@H](NS(=O)(=O)c1ccc(Br)cc1)c1ccccc1. The van der Waals surface area contributed by atoms with Crippen LogP contribution in [0.1, 0.15) is 22.7 Å². The molecule has 0 saturated heterocycles. The largest absolute Gasteiger partial charge is 0.241 e. The zero-order valence-corrected chi connectivity index (χ0v) is 16.1. The van der Waals surface area contributed by atoms with E-state index in [0.717, 1.165) is 21.2 Å². The molecule has 3 aromatic carbocycles. The molecule has 0 radical (unpaired) electrons. The van der Waals surface area contributed by atoms with E-state index in [-0.39, 0.29) is 4.90 Å². The molecule has 0 bridgehead atoms. The van der Waals surface area contributed by atoms with Crippen LogP contribution in [0.3, 0.4) is 0 Å². The zero-order chi connectivity index (χ0) is 17.9. The highest BCUT2D eigenvalue weighted by Gasteiger charge is 2.23. The molecule has 0 amide bonds. The fraction of sp³-hybridized carbons (Fsp3) is 0.100. The first-order valence-electron chi connectivity index (χ1n) is 7.86. The average Bonchev–Trinajstić information content (AvgIpc) is 2.61. The standard InChI is InChI=1S/C20H18BrNO2S/c1-15-7-5-6-10-19(15)20(16-8-3-2-4-9-16)22-25(23,24)18-13-11-17(21)12-14-18/h2-14,20,22H,1H3/t20-/m1/s1. The van der Waals surface area contributed by atoms with Gasteiger partial charge >= 0.3 is 0 Å². The Bertz CT molecular complexity index is 955. The lowest BCUT2D eigenvalue weighted by molar-refractivity contribution is 0.572. The number of hydrogen-bond donors (Lipinski definition) is 1. The molecule has 3 rings (SSSR count). The molecule has 25 heavy (non-hydrogen) atoms. The first kappa shape index (κ1) is 17.9. The molecule has 128 valence electrons. The third-order valence-corrected chi connectivity index (χ3v) is 6.00. The first-order valence-corrected chi connectivity index (χ1v) is 10.1. The Balaban J connectivity index is 2.04. The van der Waals surface area contributed by atoms with Gasteiger partial charge < -0.3 is 0 Å². The van der Waals surface area contributed by atoms with E-state index in [2.05, 4.69) is 20.7 Å². The third kappa shape index (κ3) is 4.18. The van der Waals surface area contributed by atoms with Crippen molar-refractivity contribution in [2.75, 3.05) is 0 Å². The van der Waals surface area contributed by atoms with Crippen molar-refractivity contribution in [3.05, 3.63) is 100 Å². The molecule has 0 heterocycles. The molecular weight excluding hydrogens is 398 g/mol. The van der Waals surface area contributed by atoms with E-state index in [9.17, 15) is 8.42 Å². The highest BCUT2D eigenvalue weighted by atomic mass is 79.9. The average molecular weight is 416 g/mol.